The minimum atomic E-state index is -1.22. The molecule has 0 aliphatic heterocycles. The summed E-state index contributed by atoms with van der Waals surface area (Å²) in [5.74, 6) is -2.69. The predicted molar refractivity (Wildman–Crippen MR) is 61.0 cm³/mol. The lowest BCUT2D eigenvalue weighted by Crippen LogP contribution is -2.28. The summed E-state index contributed by atoms with van der Waals surface area (Å²) in [4.78, 5) is 43.8. The topological polar surface area (TPSA) is 77.5 Å². The molecule has 0 rings (SSSR count). The zero-order chi connectivity index (χ0) is 13.6. The fourth-order valence-electron chi connectivity index (χ4n) is 0.898. The summed E-state index contributed by atoms with van der Waals surface area (Å²) in [5, 5.41) is -2.45. The lowest BCUT2D eigenvalue weighted by molar-refractivity contribution is -0.160. The summed E-state index contributed by atoms with van der Waals surface area (Å²) >= 11 is 11.0. The number of esters is 2. The van der Waals surface area contributed by atoms with Crippen molar-refractivity contribution >= 4 is 46.7 Å². The number of ketones is 2. The molecule has 2 atom stereocenters. The molecule has 0 aliphatic carbocycles. The highest BCUT2D eigenvalue weighted by Crippen LogP contribution is 2.10. The second-order valence-electron chi connectivity index (χ2n) is 3.49. The first-order valence-electron chi connectivity index (χ1n) is 4.76. The molecule has 0 amide bonds. The molecule has 17 heavy (non-hydrogen) atoms. The van der Waals surface area contributed by atoms with E-state index in [9.17, 15) is 19.2 Å². The molecule has 0 saturated heterocycles. The van der Waals surface area contributed by atoms with Crippen molar-refractivity contribution in [2.45, 2.75) is 37.4 Å². The van der Waals surface area contributed by atoms with Gasteiger partial charge in [0.05, 0.1) is 0 Å². The Morgan fingerprint density at radius 1 is 0.882 bits per heavy atom. The van der Waals surface area contributed by atoms with Crippen LogP contribution in [0.5, 0.6) is 0 Å². The Bertz CT molecular complexity index is 308. The van der Waals surface area contributed by atoms with Crippen LogP contribution in [-0.4, -0.2) is 34.3 Å². The van der Waals surface area contributed by atoms with Gasteiger partial charge in [-0.15, -0.1) is 23.2 Å². The van der Waals surface area contributed by atoms with E-state index in [2.05, 4.69) is 4.74 Å². The molecule has 0 radical (unpaired) electrons. The molecule has 0 spiro atoms. The van der Waals surface area contributed by atoms with Crippen LogP contribution in [0.15, 0.2) is 0 Å². The number of rotatable bonds is 6. The molecule has 0 heterocycles. The largest absolute Gasteiger partial charge is 0.391 e. The minimum Gasteiger partial charge on any atom is -0.391 e. The van der Waals surface area contributed by atoms with Crippen molar-refractivity contribution in [3.63, 3.8) is 0 Å². The summed E-state index contributed by atoms with van der Waals surface area (Å²) in [6.45, 7) is 2.51. The van der Waals surface area contributed by atoms with Gasteiger partial charge in [0, 0.05) is 12.8 Å². The fourth-order valence-corrected chi connectivity index (χ4v) is 1.42. The summed E-state index contributed by atoms with van der Waals surface area (Å²) in [7, 11) is 0. The molecule has 2 unspecified atom stereocenters. The third-order valence-corrected chi connectivity index (χ3v) is 2.31. The van der Waals surface area contributed by atoms with E-state index in [4.69, 9.17) is 23.2 Å². The highest BCUT2D eigenvalue weighted by atomic mass is 35.5. The number of hydrogen-bond acceptors (Lipinski definition) is 5. The average Bonchev–Trinajstić information content (AvgIpc) is 2.15. The summed E-state index contributed by atoms with van der Waals surface area (Å²) < 4.78 is 4.33. The molecule has 0 bridgehead atoms. The first-order valence-corrected chi connectivity index (χ1v) is 5.64. The van der Waals surface area contributed by atoms with E-state index >= 15 is 0 Å². The highest BCUT2D eigenvalue weighted by molar-refractivity contribution is 6.34. The molecule has 96 valence electrons. The maximum atomic E-state index is 11.2. The monoisotopic (exact) mass is 282 g/mol. The van der Waals surface area contributed by atoms with E-state index in [1.54, 1.807) is 0 Å². The van der Waals surface area contributed by atoms with E-state index in [1.165, 1.54) is 13.8 Å². The number of carbonyl (C=O) groups excluding carboxylic acids is 4. The van der Waals surface area contributed by atoms with Gasteiger partial charge < -0.3 is 4.74 Å². The molecule has 0 fully saturated rings. The van der Waals surface area contributed by atoms with E-state index in [1.807, 2.05) is 0 Å². The number of halogens is 2. The van der Waals surface area contributed by atoms with Crippen molar-refractivity contribution in [3.8, 4) is 0 Å². The van der Waals surface area contributed by atoms with Crippen LogP contribution >= 0.6 is 23.2 Å². The van der Waals surface area contributed by atoms with Crippen LogP contribution in [0.1, 0.15) is 26.7 Å². The van der Waals surface area contributed by atoms with Crippen molar-refractivity contribution in [3.05, 3.63) is 0 Å². The van der Waals surface area contributed by atoms with Gasteiger partial charge in [0.15, 0.2) is 0 Å². The van der Waals surface area contributed by atoms with Crippen LogP contribution in [0.3, 0.4) is 0 Å². The van der Waals surface area contributed by atoms with Crippen molar-refractivity contribution in [1.82, 2.24) is 0 Å². The number of carbonyl (C=O) groups is 4. The van der Waals surface area contributed by atoms with E-state index < -0.39 is 22.7 Å². The van der Waals surface area contributed by atoms with Crippen LogP contribution < -0.4 is 0 Å². The Morgan fingerprint density at radius 3 is 1.41 bits per heavy atom. The van der Waals surface area contributed by atoms with E-state index in [0.29, 0.717) is 0 Å². The highest BCUT2D eigenvalue weighted by Gasteiger charge is 2.26. The van der Waals surface area contributed by atoms with Gasteiger partial charge in [0.1, 0.15) is 22.3 Å². The Labute approximate surface area is 108 Å². The van der Waals surface area contributed by atoms with Gasteiger partial charge >= 0.3 is 11.9 Å². The predicted octanol–water partition coefficient (Wildman–Crippen LogP) is 1.23. The molecule has 0 aliphatic rings. The van der Waals surface area contributed by atoms with Gasteiger partial charge in [-0.25, -0.2) is 9.59 Å². The van der Waals surface area contributed by atoms with Crippen LogP contribution in [0.2, 0.25) is 0 Å². The Kier molecular flexibility index (Phi) is 6.99. The van der Waals surface area contributed by atoms with Gasteiger partial charge in [-0.3, -0.25) is 9.59 Å². The van der Waals surface area contributed by atoms with Crippen molar-refractivity contribution in [2.24, 2.45) is 0 Å². The standard InChI is InChI=1S/C10H12Cl2O5/c1-5(13)3-7(11)9(15)17-10(16)8(12)4-6(2)14/h7-8H,3-4H2,1-2H3. The van der Waals surface area contributed by atoms with Gasteiger partial charge in [0.25, 0.3) is 0 Å². The molecular weight excluding hydrogens is 271 g/mol. The van der Waals surface area contributed by atoms with Crippen LogP contribution in [0.25, 0.3) is 0 Å². The van der Waals surface area contributed by atoms with Crippen LogP contribution in [0.4, 0.5) is 0 Å². The maximum absolute atomic E-state index is 11.2. The smallest absolute Gasteiger partial charge is 0.332 e. The lowest BCUT2D eigenvalue weighted by Gasteiger charge is -2.09. The molecule has 7 heteroatoms. The zero-order valence-electron chi connectivity index (χ0n) is 9.37. The Hall–Kier alpha value is -0.940. The summed E-state index contributed by atoms with van der Waals surface area (Å²) in [6.07, 6.45) is -0.458. The van der Waals surface area contributed by atoms with Gasteiger partial charge in [-0.05, 0) is 13.8 Å². The molecule has 5 nitrogen and oxygen atoms in total. The molecule has 0 aromatic carbocycles. The molecule has 0 saturated carbocycles. The molecule has 0 aromatic rings. The normalized spacial score (nSPS) is 13.6. The van der Waals surface area contributed by atoms with Crippen molar-refractivity contribution in [2.75, 3.05) is 0 Å². The third kappa shape index (κ3) is 7.07. The maximum Gasteiger partial charge on any atom is 0.332 e. The number of Topliss-reactive ketones (excluding diaryl/α,β-unsaturated/α-hetero) is 2. The number of ether oxygens (including phenoxy) is 1. The first kappa shape index (κ1) is 16.1. The first-order chi connectivity index (χ1) is 7.73. The number of hydrogen-bond donors (Lipinski definition) is 0. The van der Waals surface area contributed by atoms with Gasteiger partial charge in [0.2, 0.25) is 0 Å². The number of alkyl halides is 2. The van der Waals surface area contributed by atoms with Crippen LogP contribution in [0, 0.1) is 0 Å². The second kappa shape index (κ2) is 7.40. The lowest BCUT2D eigenvalue weighted by atomic mass is 10.2. The molecule has 0 N–H and O–H groups in total. The van der Waals surface area contributed by atoms with Crippen molar-refractivity contribution < 1.29 is 23.9 Å². The molecule has 0 aromatic heterocycles. The quantitative estimate of drug-likeness (QED) is 0.416. The fraction of sp³-hybridized carbons (Fsp3) is 0.600. The third-order valence-electron chi connectivity index (χ3n) is 1.65. The second-order valence-corrected chi connectivity index (χ2v) is 4.54. The van der Waals surface area contributed by atoms with Crippen molar-refractivity contribution in [1.29, 1.82) is 0 Å². The van der Waals surface area contributed by atoms with E-state index in [0.717, 1.165) is 0 Å². The van der Waals surface area contributed by atoms with Crippen LogP contribution in [-0.2, 0) is 23.9 Å². The zero-order valence-corrected chi connectivity index (χ0v) is 10.9. The van der Waals surface area contributed by atoms with E-state index in [-0.39, 0.29) is 24.4 Å². The van der Waals surface area contributed by atoms with Gasteiger partial charge in [-0.2, -0.15) is 0 Å². The summed E-state index contributed by atoms with van der Waals surface area (Å²) in [5.41, 5.74) is 0. The minimum absolute atomic E-state index is 0.229. The average molecular weight is 283 g/mol. The SMILES string of the molecule is CC(=O)CC(Cl)C(=O)OC(=O)C(Cl)CC(C)=O. The van der Waals surface area contributed by atoms with Gasteiger partial charge in [-0.1, -0.05) is 0 Å². The molecular formula is C10H12Cl2O5. The summed E-state index contributed by atoms with van der Waals surface area (Å²) in [6, 6.07) is 0. The Morgan fingerprint density at radius 2 is 1.18 bits per heavy atom. The Balaban J connectivity index is 4.24.